The second kappa shape index (κ2) is 3.15. The second-order valence-electron chi connectivity index (χ2n) is 3.74. The summed E-state index contributed by atoms with van der Waals surface area (Å²) < 4.78 is 1.76. The predicted octanol–water partition coefficient (Wildman–Crippen LogP) is 0.569. The lowest BCUT2D eigenvalue weighted by atomic mass is 10.1. The maximum atomic E-state index is 5.80. The molecule has 68 valence electrons. The lowest BCUT2D eigenvalue weighted by molar-refractivity contribution is 0.549. The molecule has 0 aliphatic heterocycles. The van der Waals surface area contributed by atoms with Crippen molar-refractivity contribution in [2.75, 3.05) is 11.9 Å². The van der Waals surface area contributed by atoms with Gasteiger partial charge in [0.05, 0.1) is 11.9 Å². The van der Waals surface area contributed by atoms with Crippen molar-refractivity contribution in [3.63, 3.8) is 0 Å². The number of rotatable bonds is 3. The van der Waals surface area contributed by atoms with E-state index >= 15 is 0 Å². The maximum absolute atomic E-state index is 5.80. The molecule has 0 aliphatic rings. The van der Waals surface area contributed by atoms with Crippen molar-refractivity contribution in [3.05, 3.63) is 12.4 Å². The third-order valence-electron chi connectivity index (χ3n) is 1.45. The molecule has 0 amide bonds. The molecule has 0 aliphatic carbocycles. The molecule has 4 nitrogen and oxygen atoms in total. The van der Waals surface area contributed by atoms with Crippen molar-refractivity contribution in [1.29, 1.82) is 0 Å². The summed E-state index contributed by atoms with van der Waals surface area (Å²) in [5, 5.41) is 7.23. The van der Waals surface area contributed by atoms with Crippen LogP contribution >= 0.6 is 0 Å². The number of nitrogens with two attached hydrogens (primary N) is 1. The first-order chi connectivity index (χ1) is 5.47. The van der Waals surface area contributed by atoms with E-state index in [1.807, 2.05) is 27.1 Å². The lowest BCUT2D eigenvalue weighted by Crippen LogP contribution is -2.39. The van der Waals surface area contributed by atoms with Crippen LogP contribution in [0, 0.1) is 0 Å². The molecule has 0 saturated carbocycles. The Labute approximate surface area is 72.8 Å². The van der Waals surface area contributed by atoms with Crippen LogP contribution in [-0.4, -0.2) is 21.9 Å². The van der Waals surface area contributed by atoms with Gasteiger partial charge in [-0.25, -0.2) is 0 Å². The molecule has 0 fully saturated rings. The number of hydrogen-bond acceptors (Lipinski definition) is 3. The van der Waals surface area contributed by atoms with Gasteiger partial charge in [0.1, 0.15) is 0 Å². The van der Waals surface area contributed by atoms with Crippen LogP contribution < -0.4 is 11.1 Å². The topological polar surface area (TPSA) is 55.9 Å². The molecule has 1 aromatic heterocycles. The number of anilines is 1. The van der Waals surface area contributed by atoms with Crippen molar-refractivity contribution in [1.82, 2.24) is 9.78 Å². The standard InChI is InChI=1S/C8H16N4/c1-8(2,9)6-10-7-4-11-12(3)5-7/h4-5,10H,6,9H2,1-3H3. The van der Waals surface area contributed by atoms with Gasteiger partial charge in [0.2, 0.25) is 0 Å². The molecule has 0 spiro atoms. The number of nitrogens with zero attached hydrogens (tertiary/aromatic N) is 2. The van der Waals surface area contributed by atoms with Crippen LogP contribution in [0.2, 0.25) is 0 Å². The zero-order valence-corrected chi connectivity index (χ0v) is 7.83. The summed E-state index contributed by atoms with van der Waals surface area (Å²) in [5.74, 6) is 0. The molecule has 1 aromatic rings. The average Bonchev–Trinajstić information content (AvgIpc) is 2.30. The monoisotopic (exact) mass is 168 g/mol. The summed E-state index contributed by atoms with van der Waals surface area (Å²) in [7, 11) is 1.89. The summed E-state index contributed by atoms with van der Waals surface area (Å²) in [6.45, 7) is 4.71. The van der Waals surface area contributed by atoms with Crippen LogP contribution in [-0.2, 0) is 7.05 Å². The van der Waals surface area contributed by atoms with E-state index in [0.717, 1.165) is 12.2 Å². The van der Waals surface area contributed by atoms with Gasteiger partial charge in [-0.15, -0.1) is 0 Å². The number of hydrogen-bond donors (Lipinski definition) is 2. The third-order valence-corrected chi connectivity index (χ3v) is 1.45. The smallest absolute Gasteiger partial charge is 0.0727 e. The minimum absolute atomic E-state index is 0.185. The van der Waals surface area contributed by atoms with Crippen molar-refractivity contribution < 1.29 is 0 Å². The molecule has 4 heteroatoms. The van der Waals surface area contributed by atoms with Gasteiger partial charge in [-0.3, -0.25) is 4.68 Å². The van der Waals surface area contributed by atoms with E-state index in [1.165, 1.54) is 0 Å². The molecule has 1 heterocycles. The Bertz CT molecular complexity index is 246. The number of nitrogens with one attached hydrogen (secondary N) is 1. The maximum Gasteiger partial charge on any atom is 0.0727 e. The van der Waals surface area contributed by atoms with Crippen LogP contribution in [0.4, 0.5) is 5.69 Å². The lowest BCUT2D eigenvalue weighted by Gasteiger charge is -2.18. The van der Waals surface area contributed by atoms with Crippen LogP contribution in [0.25, 0.3) is 0 Å². The van der Waals surface area contributed by atoms with Crippen LogP contribution in [0.1, 0.15) is 13.8 Å². The van der Waals surface area contributed by atoms with Crippen molar-refractivity contribution in [3.8, 4) is 0 Å². The Kier molecular flexibility index (Phi) is 2.38. The highest BCUT2D eigenvalue weighted by Crippen LogP contribution is 2.05. The Morgan fingerprint density at radius 2 is 2.33 bits per heavy atom. The van der Waals surface area contributed by atoms with E-state index in [0.29, 0.717) is 0 Å². The highest BCUT2D eigenvalue weighted by Gasteiger charge is 2.09. The highest BCUT2D eigenvalue weighted by atomic mass is 15.3. The minimum atomic E-state index is -0.185. The highest BCUT2D eigenvalue weighted by molar-refractivity contribution is 5.38. The fraction of sp³-hybridized carbons (Fsp3) is 0.625. The Morgan fingerprint density at radius 1 is 1.67 bits per heavy atom. The summed E-state index contributed by atoms with van der Waals surface area (Å²) >= 11 is 0. The van der Waals surface area contributed by atoms with Crippen LogP contribution in [0.3, 0.4) is 0 Å². The van der Waals surface area contributed by atoms with Crippen LogP contribution in [0.5, 0.6) is 0 Å². The van der Waals surface area contributed by atoms with E-state index in [9.17, 15) is 0 Å². The molecule has 12 heavy (non-hydrogen) atoms. The normalized spacial score (nSPS) is 11.7. The fourth-order valence-corrected chi connectivity index (χ4v) is 0.842. The van der Waals surface area contributed by atoms with Crippen molar-refractivity contribution in [2.24, 2.45) is 12.8 Å². The Balaban J connectivity index is 2.44. The van der Waals surface area contributed by atoms with E-state index in [4.69, 9.17) is 5.73 Å². The molecule has 1 rings (SSSR count). The van der Waals surface area contributed by atoms with E-state index in [2.05, 4.69) is 10.4 Å². The van der Waals surface area contributed by atoms with Gasteiger partial charge < -0.3 is 11.1 Å². The number of aromatic nitrogens is 2. The molecule has 0 radical (unpaired) electrons. The van der Waals surface area contributed by atoms with Gasteiger partial charge >= 0.3 is 0 Å². The molecular weight excluding hydrogens is 152 g/mol. The third kappa shape index (κ3) is 2.92. The summed E-state index contributed by atoms with van der Waals surface area (Å²) in [5.41, 5.74) is 6.63. The van der Waals surface area contributed by atoms with E-state index in [1.54, 1.807) is 10.9 Å². The van der Waals surface area contributed by atoms with E-state index in [-0.39, 0.29) is 5.54 Å². The largest absolute Gasteiger partial charge is 0.381 e. The summed E-state index contributed by atoms with van der Waals surface area (Å²) in [4.78, 5) is 0. The first-order valence-corrected chi connectivity index (χ1v) is 3.99. The summed E-state index contributed by atoms with van der Waals surface area (Å²) in [6.07, 6.45) is 3.71. The fourth-order valence-electron chi connectivity index (χ4n) is 0.842. The molecule has 0 aromatic carbocycles. The quantitative estimate of drug-likeness (QED) is 0.693. The van der Waals surface area contributed by atoms with Gasteiger partial charge in [-0.05, 0) is 13.8 Å². The van der Waals surface area contributed by atoms with Gasteiger partial charge in [-0.1, -0.05) is 0 Å². The SMILES string of the molecule is Cn1cc(NCC(C)(C)N)cn1. The van der Waals surface area contributed by atoms with Crippen molar-refractivity contribution >= 4 is 5.69 Å². The molecule has 0 bridgehead atoms. The predicted molar refractivity (Wildman–Crippen MR) is 50.0 cm³/mol. The summed E-state index contributed by atoms with van der Waals surface area (Å²) in [6, 6.07) is 0. The Morgan fingerprint density at radius 3 is 2.75 bits per heavy atom. The van der Waals surface area contributed by atoms with Gasteiger partial charge in [0.25, 0.3) is 0 Å². The first kappa shape index (κ1) is 9.06. The molecule has 3 N–H and O–H groups in total. The zero-order valence-electron chi connectivity index (χ0n) is 7.83. The van der Waals surface area contributed by atoms with Gasteiger partial charge in [0.15, 0.2) is 0 Å². The van der Waals surface area contributed by atoms with Gasteiger partial charge in [0, 0.05) is 25.3 Å². The average molecular weight is 168 g/mol. The van der Waals surface area contributed by atoms with E-state index < -0.39 is 0 Å². The number of aryl methyl sites for hydroxylation is 1. The second-order valence-corrected chi connectivity index (χ2v) is 3.74. The zero-order chi connectivity index (χ0) is 9.19. The van der Waals surface area contributed by atoms with Crippen molar-refractivity contribution in [2.45, 2.75) is 19.4 Å². The molecular formula is C8H16N4. The minimum Gasteiger partial charge on any atom is -0.381 e. The first-order valence-electron chi connectivity index (χ1n) is 3.99. The van der Waals surface area contributed by atoms with Gasteiger partial charge in [-0.2, -0.15) is 5.10 Å². The van der Waals surface area contributed by atoms with Crippen LogP contribution in [0.15, 0.2) is 12.4 Å². The molecule has 0 atom stereocenters. The Hall–Kier alpha value is -1.03. The molecule has 0 saturated heterocycles. The molecule has 0 unspecified atom stereocenters.